The summed E-state index contributed by atoms with van der Waals surface area (Å²) in [6, 6.07) is 12.7. The Kier molecular flexibility index (Phi) is 16.7. The van der Waals surface area contributed by atoms with E-state index >= 15 is 0 Å². The van der Waals surface area contributed by atoms with E-state index in [-0.39, 0.29) is 17.4 Å². The Labute approximate surface area is 226 Å². The molecule has 0 aliphatic carbocycles. The Morgan fingerprint density at radius 3 is 2.27 bits per heavy atom. The zero-order valence-electron chi connectivity index (χ0n) is 25.1. The number of methoxy groups -OCH3 is 1. The standard InChI is InChI=1S/C26H37N3O2.2C2H6.CH4O/c1-6-19(17-29(4)18(2)11-13-26(3)14-12-24(30)28-26)25(27)22-8-7-21-16-23(31-5)10-9-20(21)15-22;3*1-2/h7-10,15-16,18-19,27H,6,11-14,17H2,1-5H3,(H,28,30);2*1-2H3;2H,1H3. The van der Waals surface area contributed by atoms with Crippen LogP contribution in [0.5, 0.6) is 5.75 Å². The highest BCUT2D eigenvalue weighted by Gasteiger charge is 2.33. The van der Waals surface area contributed by atoms with Crippen LogP contribution in [0.2, 0.25) is 0 Å². The number of nitrogens with zero attached hydrogens (tertiary/aromatic N) is 1. The van der Waals surface area contributed by atoms with Crippen LogP contribution in [0.1, 0.15) is 86.1 Å². The third kappa shape index (κ3) is 10.4. The average Bonchev–Trinajstić information content (AvgIpc) is 3.30. The van der Waals surface area contributed by atoms with Gasteiger partial charge < -0.3 is 25.5 Å². The van der Waals surface area contributed by atoms with Crippen molar-refractivity contribution >= 4 is 22.4 Å². The first kappa shape index (κ1) is 34.6. The van der Waals surface area contributed by atoms with E-state index in [1.807, 2.05) is 39.8 Å². The number of hydrogen-bond donors (Lipinski definition) is 3. The first-order chi connectivity index (χ1) is 17.7. The predicted molar refractivity (Wildman–Crippen MR) is 159 cm³/mol. The van der Waals surface area contributed by atoms with Crippen LogP contribution in [-0.4, -0.2) is 61.0 Å². The van der Waals surface area contributed by atoms with Gasteiger partial charge in [-0.25, -0.2) is 0 Å². The number of fused-ring (bicyclic) bond motifs is 1. The Hall–Kier alpha value is -2.44. The van der Waals surface area contributed by atoms with Crippen molar-refractivity contribution in [3.63, 3.8) is 0 Å². The number of hydrogen-bond acceptors (Lipinski definition) is 5. The minimum absolute atomic E-state index is 0.0587. The Bertz CT molecular complexity index is 946. The van der Waals surface area contributed by atoms with Crippen molar-refractivity contribution in [1.29, 1.82) is 5.41 Å². The molecule has 1 saturated heterocycles. The Morgan fingerprint density at radius 2 is 1.73 bits per heavy atom. The number of carbonyl (C=O) groups is 1. The van der Waals surface area contributed by atoms with Crippen LogP contribution >= 0.6 is 0 Å². The second-order valence-electron chi connectivity index (χ2n) is 9.38. The molecule has 1 fully saturated rings. The van der Waals surface area contributed by atoms with E-state index in [1.54, 1.807) is 7.11 Å². The van der Waals surface area contributed by atoms with Gasteiger partial charge in [0, 0.05) is 43.3 Å². The first-order valence-electron chi connectivity index (χ1n) is 13.9. The molecule has 3 atom stereocenters. The monoisotopic (exact) mass is 515 g/mol. The van der Waals surface area contributed by atoms with E-state index in [0.29, 0.717) is 18.2 Å². The molecule has 0 saturated carbocycles. The molecule has 1 heterocycles. The number of aliphatic hydroxyl groups is 1. The molecule has 1 aliphatic heterocycles. The lowest BCUT2D eigenvalue weighted by atomic mass is 9.90. The van der Waals surface area contributed by atoms with Gasteiger partial charge in [-0.1, -0.05) is 52.8 Å². The molecule has 3 N–H and O–H groups in total. The molecular formula is C31H53N3O3. The molecule has 1 amide bonds. The van der Waals surface area contributed by atoms with Crippen LogP contribution in [0.15, 0.2) is 36.4 Å². The van der Waals surface area contributed by atoms with E-state index in [2.05, 4.69) is 62.3 Å². The molecule has 37 heavy (non-hydrogen) atoms. The summed E-state index contributed by atoms with van der Waals surface area (Å²) in [6.07, 6.45) is 4.54. The minimum Gasteiger partial charge on any atom is -0.497 e. The lowest BCUT2D eigenvalue weighted by Crippen LogP contribution is -2.41. The second-order valence-corrected chi connectivity index (χ2v) is 9.38. The van der Waals surface area contributed by atoms with Crippen LogP contribution in [0, 0.1) is 11.3 Å². The van der Waals surface area contributed by atoms with Gasteiger partial charge >= 0.3 is 0 Å². The van der Waals surface area contributed by atoms with E-state index < -0.39 is 0 Å². The number of ether oxygens (including phenoxy) is 1. The molecule has 210 valence electrons. The summed E-state index contributed by atoms with van der Waals surface area (Å²) < 4.78 is 5.32. The van der Waals surface area contributed by atoms with Crippen LogP contribution in [0.3, 0.4) is 0 Å². The Morgan fingerprint density at radius 1 is 1.14 bits per heavy atom. The van der Waals surface area contributed by atoms with Gasteiger partial charge in [0.2, 0.25) is 5.91 Å². The number of amides is 1. The van der Waals surface area contributed by atoms with E-state index in [1.165, 1.54) is 0 Å². The highest BCUT2D eigenvalue weighted by atomic mass is 16.5. The third-order valence-electron chi connectivity index (χ3n) is 6.98. The van der Waals surface area contributed by atoms with Gasteiger partial charge in [-0.05, 0) is 81.1 Å². The zero-order valence-corrected chi connectivity index (χ0v) is 25.1. The second kappa shape index (κ2) is 17.9. The molecule has 1 aliphatic rings. The summed E-state index contributed by atoms with van der Waals surface area (Å²) >= 11 is 0. The fourth-order valence-electron chi connectivity index (χ4n) is 4.49. The lowest BCUT2D eigenvalue weighted by molar-refractivity contribution is -0.119. The number of benzene rings is 2. The van der Waals surface area contributed by atoms with Crippen molar-refractivity contribution < 1.29 is 14.6 Å². The van der Waals surface area contributed by atoms with Crippen LogP contribution in [0.4, 0.5) is 0 Å². The molecule has 3 unspecified atom stereocenters. The van der Waals surface area contributed by atoms with Gasteiger partial charge in [-0.3, -0.25) is 4.79 Å². The normalized spacial score (nSPS) is 17.8. The van der Waals surface area contributed by atoms with Crippen molar-refractivity contribution in [2.45, 2.75) is 92.2 Å². The molecule has 0 bridgehead atoms. The largest absolute Gasteiger partial charge is 0.497 e. The maximum absolute atomic E-state index is 11.6. The summed E-state index contributed by atoms with van der Waals surface area (Å²) in [7, 11) is 4.83. The summed E-state index contributed by atoms with van der Waals surface area (Å²) in [4.78, 5) is 14.0. The van der Waals surface area contributed by atoms with Crippen molar-refractivity contribution in [3.05, 3.63) is 42.0 Å². The first-order valence-corrected chi connectivity index (χ1v) is 13.9. The number of carbonyl (C=O) groups excluding carboxylic acids is 1. The van der Waals surface area contributed by atoms with Gasteiger partial charge in [0.05, 0.1) is 7.11 Å². The van der Waals surface area contributed by atoms with Gasteiger partial charge in [0.1, 0.15) is 5.75 Å². The fourth-order valence-corrected chi connectivity index (χ4v) is 4.49. The maximum atomic E-state index is 11.6. The SMILES string of the molecule is CC.CC.CCC(CN(C)C(C)CCC1(C)CCC(=O)N1)C(=N)c1ccc2cc(OC)ccc2c1.CO. The molecule has 2 aromatic carbocycles. The fraction of sp³-hybridized carbons (Fsp3) is 0.613. The third-order valence-corrected chi connectivity index (χ3v) is 6.98. The smallest absolute Gasteiger partial charge is 0.220 e. The average molecular weight is 516 g/mol. The number of rotatable bonds is 10. The molecule has 0 radical (unpaired) electrons. The van der Waals surface area contributed by atoms with Crippen molar-refractivity contribution in [2.75, 3.05) is 27.8 Å². The van der Waals surface area contributed by atoms with Gasteiger partial charge in [0.15, 0.2) is 0 Å². The number of nitrogens with one attached hydrogen (secondary N) is 2. The number of aliphatic hydroxyl groups excluding tert-OH is 1. The summed E-state index contributed by atoms with van der Waals surface area (Å²) in [6.45, 7) is 15.4. The highest BCUT2D eigenvalue weighted by Crippen LogP contribution is 2.27. The van der Waals surface area contributed by atoms with Crippen LogP contribution in [-0.2, 0) is 4.79 Å². The molecule has 6 nitrogen and oxygen atoms in total. The predicted octanol–water partition coefficient (Wildman–Crippen LogP) is 6.67. The lowest BCUT2D eigenvalue weighted by Gasteiger charge is -2.32. The molecule has 6 heteroatoms. The van der Waals surface area contributed by atoms with E-state index in [4.69, 9.17) is 15.3 Å². The summed E-state index contributed by atoms with van der Waals surface area (Å²) in [5, 5.41) is 21.3. The molecule has 0 aromatic heterocycles. The van der Waals surface area contributed by atoms with Crippen molar-refractivity contribution in [2.24, 2.45) is 5.92 Å². The minimum atomic E-state index is -0.0587. The summed E-state index contributed by atoms with van der Waals surface area (Å²) in [5.74, 6) is 1.21. The van der Waals surface area contributed by atoms with Crippen molar-refractivity contribution in [1.82, 2.24) is 10.2 Å². The van der Waals surface area contributed by atoms with Gasteiger partial charge in [-0.2, -0.15) is 0 Å². The van der Waals surface area contributed by atoms with Gasteiger partial charge in [0.25, 0.3) is 0 Å². The van der Waals surface area contributed by atoms with Gasteiger partial charge in [-0.15, -0.1) is 0 Å². The molecule has 3 rings (SSSR count). The van der Waals surface area contributed by atoms with E-state index in [9.17, 15) is 4.79 Å². The zero-order chi connectivity index (χ0) is 28.6. The maximum Gasteiger partial charge on any atom is 0.220 e. The van der Waals surface area contributed by atoms with E-state index in [0.717, 1.165) is 61.4 Å². The quantitative estimate of drug-likeness (QED) is 0.308. The van der Waals surface area contributed by atoms with Crippen molar-refractivity contribution in [3.8, 4) is 5.75 Å². The van der Waals surface area contributed by atoms with Crippen LogP contribution in [0.25, 0.3) is 10.8 Å². The Balaban J connectivity index is 0.00000201. The summed E-state index contributed by atoms with van der Waals surface area (Å²) in [5.41, 5.74) is 1.64. The molecule has 0 spiro atoms. The topological polar surface area (TPSA) is 85.7 Å². The van der Waals surface area contributed by atoms with Crippen LogP contribution < -0.4 is 10.1 Å². The molecular weight excluding hydrogens is 462 g/mol. The molecule has 2 aromatic rings. The highest BCUT2D eigenvalue weighted by molar-refractivity contribution is 6.03.